The number of nitrogens with one attached hydrogen (secondary N) is 1. The zero-order chi connectivity index (χ0) is 26.0. The smallest absolute Gasteiger partial charge is 0.338 e. The quantitative estimate of drug-likeness (QED) is 0.212. The van der Waals surface area contributed by atoms with E-state index in [1.807, 2.05) is 30.3 Å². The number of H-pyrrole nitrogens is 1. The van der Waals surface area contributed by atoms with Crippen LogP contribution in [0.5, 0.6) is 5.88 Å². The normalized spacial score (nSPS) is 12.1. The van der Waals surface area contributed by atoms with Crippen LogP contribution in [-0.4, -0.2) is 39.5 Å². The van der Waals surface area contributed by atoms with Crippen LogP contribution >= 0.6 is 0 Å². The van der Waals surface area contributed by atoms with E-state index in [1.54, 1.807) is 51.1 Å². The summed E-state index contributed by atoms with van der Waals surface area (Å²) in [7, 11) is 0. The SMILES string of the molecule is CCOC(=O)c1ccc2c(C(=Nc3ccc(C(C)(C)N)c(C(=O)O)c3)c3ccccc3)c(O)[nH]c2c1. The Kier molecular flexibility index (Phi) is 6.63. The van der Waals surface area contributed by atoms with E-state index in [1.165, 1.54) is 6.07 Å². The van der Waals surface area contributed by atoms with Crippen LogP contribution in [0.4, 0.5) is 5.69 Å². The standard InChI is InChI=1S/C28H27N3O5/c1-4-36-27(35)17-10-12-19-22(14-17)31-25(32)23(19)24(16-8-6-5-7-9-16)30-18-11-13-21(28(2,3)29)20(15-18)26(33)34/h5-15,31-32H,4,29H2,1-3H3,(H,33,34). The minimum Gasteiger partial charge on any atom is -0.494 e. The van der Waals surface area contributed by atoms with E-state index in [2.05, 4.69) is 4.98 Å². The lowest BCUT2D eigenvalue weighted by molar-refractivity contribution is 0.0526. The van der Waals surface area contributed by atoms with Gasteiger partial charge in [-0.2, -0.15) is 0 Å². The number of aromatic amines is 1. The summed E-state index contributed by atoms with van der Waals surface area (Å²) in [4.78, 5) is 31.9. The molecule has 1 heterocycles. The molecule has 5 N–H and O–H groups in total. The van der Waals surface area contributed by atoms with Crippen molar-refractivity contribution in [3.05, 3.63) is 94.5 Å². The first-order valence-corrected chi connectivity index (χ1v) is 11.4. The molecule has 184 valence electrons. The molecule has 0 aliphatic heterocycles. The lowest BCUT2D eigenvalue weighted by Gasteiger charge is -2.21. The number of rotatable bonds is 7. The van der Waals surface area contributed by atoms with Gasteiger partial charge in [0.1, 0.15) is 0 Å². The molecule has 0 aliphatic rings. The number of carbonyl (C=O) groups is 2. The highest BCUT2D eigenvalue weighted by molar-refractivity contribution is 6.22. The maximum absolute atomic E-state index is 12.2. The van der Waals surface area contributed by atoms with Crippen LogP contribution in [0.25, 0.3) is 10.9 Å². The van der Waals surface area contributed by atoms with E-state index in [9.17, 15) is 19.8 Å². The van der Waals surface area contributed by atoms with Gasteiger partial charge in [0, 0.05) is 22.0 Å². The third-order valence-corrected chi connectivity index (χ3v) is 5.74. The van der Waals surface area contributed by atoms with Crippen LogP contribution in [0.2, 0.25) is 0 Å². The third-order valence-electron chi connectivity index (χ3n) is 5.74. The maximum Gasteiger partial charge on any atom is 0.338 e. The summed E-state index contributed by atoms with van der Waals surface area (Å²) in [6.07, 6.45) is 0. The minimum atomic E-state index is -1.11. The number of fused-ring (bicyclic) bond motifs is 1. The van der Waals surface area contributed by atoms with Crippen LogP contribution < -0.4 is 5.73 Å². The summed E-state index contributed by atoms with van der Waals surface area (Å²) in [6, 6.07) is 19.0. The topological polar surface area (TPSA) is 138 Å². The molecule has 0 fully saturated rings. The van der Waals surface area contributed by atoms with E-state index in [4.69, 9.17) is 15.5 Å². The number of aromatic carboxylic acids is 1. The molecule has 0 saturated heterocycles. The summed E-state index contributed by atoms with van der Waals surface area (Å²) in [5, 5.41) is 21.3. The molecule has 0 aliphatic carbocycles. The second-order valence-corrected chi connectivity index (χ2v) is 8.91. The van der Waals surface area contributed by atoms with Gasteiger partial charge in [-0.3, -0.25) is 0 Å². The average Bonchev–Trinajstić information content (AvgIpc) is 3.17. The largest absolute Gasteiger partial charge is 0.494 e. The molecule has 0 atom stereocenters. The minimum absolute atomic E-state index is 0.0541. The number of carboxylic acids is 1. The monoisotopic (exact) mass is 485 g/mol. The van der Waals surface area contributed by atoms with Crippen molar-refractivity contribution in [2.75, 3.05) is 6.61 Å². The predicted octanol–water partition coefficient (Wildman–Crippen LogP) is 5.11. The highest BCUT2D eigenvalue weighted by Crippen LogP contribution is 2.33. The highest BCUT2D eigenvalue weighted by Gasteiger charge is 2.24. The lowest BCUT2D eigenvalue weighted by atomic mass is 9.90. The Morgan fingerprint density at radius 3 is 2.39 bits per heavy atom. The van der Waals surface area contributed by atoms with Crippen LogP contribution in [0.3, 0.4) is 0 Å². The molecule has 0 spiro atoms. The number of carbonyl (C=O) groups excluding carboxylic acids is 1. The number of benzene rings is 3. The van der Waals surface area contributed by atoms with E-state index >= 15 is 0 Å². The van der Waals surface area contributed by atoms with Gasteiger partial charge in [0.2, 0.25) is 0 Å². The van der Waals surface area contributed by atoms with Gasteiger partial charge in [0.15, 0.2) is 5.88 Å². The highest BCUT2D eigenvalue weighted by atomic mass is 16.5. The number of hydrogen-bond donors (Lipinski definition) is 4. The summed E-state index contributed by atoms with van der Waals surface area (Å²) >= 11 is 0. The van der Waals surface area contributed by atoms with Crippen LogP contribution in [0.1, 0.15) is 58.2 Å². The molecule has 3 aromatic carbocycles. The van der Waals surface area contributed by atoms with Crippen molar-refractivity contribution in [3.63, 3.8) is 0 Å². The van der Waals surface area contributed by atoms with Crippen molar-refractivity contribution in [1.82, 2.24) is 4.98 Å². The fourth-order valence-electron chi connectivity index (χ4n) is 4.09. The van der Waals surface area contributed by atoms with E-state index in [-0.39, 0.29) is 18.1 Å². The van der Waals surface area contributed by atoms with Crippen molar-refractivity contribution in [1.29, 1.82) is 0 Å². The summed E-state index contributed by atoms with van der Waals surface area (Å²) in [5.74, 6) is -1.70. The maximum atomic E-state index is 12.2. The van der Waals surface area contributed by atoms with E-state index in [0.29, 0.717) is 44.6 Å². The Bertz CT molecular complexity index is 1480. The number of ether oxygens (including phenoxy) is 1. The number of esters is 1. The molecule has 4 rings (SSSR count). The Balaban J connectivity index is 1.92. The number of aliphatic imine (C=N–C) groups is 1. The van der Waals surface area contributed by atoms with Gasteiger partial charge in [-0.1, -0.05) is 42.5 Å². The van der Waals surface area contributed by atoms with Gasteiger partial charge in [-0.05, 0) is 50.6 Å². The number of carboxylic acid groups (broad SMARTS) is 1. The molecule has 0 saturated carbocycles. The van der Waals surface area contributed by atoms with Crippen molar-refractivity contribution >= 4 is 34.2 Å². The number of nitrogens with zero attached hydrogens (tertiary/aromatic N) is 1. The fourth-order valence-corrected chi connectivity index (χ4v) is 4.09. The van der Waals surface area contributed by atoms with Gasteiger partial charge >= 0.3 is 11.9 Å². The Labute approximate surface area is 208 Å². The molecule has 0 radical (unpaired) electrons. The van der Waals surface area contributed by atoms with Gasteiger partial charge in [0.05, 0.1) is 34.7 Å². The Morgan fingerprint density at radius 2 is 1.75 bits per heavy atom. The average molecular weight is 486 g/mol. The molecule has 8 heteroatoms. The fraction of sp³-hybridized carbons (Fsp3) is 0.179. The molecular formula is C28H27N3O5. The van der Waals surface area contributed by atoms with Crippen molar-refractivity contribution in [3.8, 4) is 5.88 Å². The molecule has 0 bridgehead atoms. The molecule has 8 nitrogen and oxygen atoms in total. The van der Waals surface area contributed by atoms with Crippen molar-refractivity contribution < 1.29 is 24.5 Å². The Hall–Kier alpha value is -4.43. The number of aromatic nitrogens is 1. The zero-order valence-corrected chi connectivity index (χ0v) is 20.2. The first-order chi connectivity index (χ1) is 17.1. The predicted molar refractivity (Wildman–Crippen MR) is 138 cm³/mol. The number of aromatic hydroxyl groups is 1. The number of nitrogens with two attached hydrogens (primary N) is 1. The van der Waals surface area contributed by atoms with Crippen LogP contribution in [0, 0.1) is 0 Å². The first-order valence-electron chi connectivity index (χ1n) is 11.4. The second-order valence-electron chi connectivity index (χ2n) is 8.91. The van der Waals surface area contributed by atoms with Crippen molar-refractivity contribution in [2.45, 2.75) is 26.3 Å². The molecule has 4 aromatic rings. The summed E-state index contributed by atoms with van der Waals surface area (Å²) in [5.41, 5.74) is 8.69. The van der Waals surface area contributed by atoms with Gasteiger partial charge in [0.25, 0.3) is 0 Å². The Morgan fingerprint density at radius 1 is 1.03 bits per heavy atom. The van der Waals surface area contributed by atoms with E-state index < -0.39 is 17.5 Å². The molecule has 36 heavy (non-hydrogen) atoms. The zero-order valence-electron chi connectivity index (χ0n) is 20.2. The van der Waals surface area contributed by atoms with Crippen molar-refractivity contribution in [2.24, 2.45) is 10.7 Å². The molecular weight excluding hydrogens is 458 g/mol. The van der Waals surface area contributed by atoms with Gasteiger partial charge < -0.3 is 25.7 Å². The van der Waals surface area contributed by atoms with E-state index in [0.717, 1.165) is 0 Å². The van der Waals surface area contributed by atoms with Gasteiger partial charge in [-0.25, -0.2) is 14.6 Å². The first kappa shape index (κ1) is 24.7. The van der Waals surface area contributed by atoms with Crippen LogP contribution in [-0.2, 0) is 10.3 Å². The lowest BCUT2D eigenvalue weighted by Crippen LogP contribution is -2.30. The van der Waals surface area contributed by atoms with Crippen LogP contribution in [0.15, 0.2) is 71.7 Å². The number of hydrogen-bond acceptors (Lipinski definition) is 6. The molecule has 0 unspecified atom stereocenters. The molecule has 0 amide bonds. The second kappa shape index (κ2) is 9.67. The molecule has 1 aromatic heterocycles. The summed E-state index contributed by atoms with van der Waals surface area (Å²) in [6.45, 7) is 5.46. The third kappa shape index (κ3) is 4.85. The summed E-state index contributed by atoms with van der Waals surface area (Å²) < 4.78 is 5.08. The van der Waals surface area contributed by atoms with Gasteiger partial charge in [-0.15, -0.1) is 0 Å².